The zero-order valence-corrected chi connectivity index (χ0v) is 12.9. The van der Waals surface area contributed by atoms with Gasteiger partial charge in [0.25, 0.3) is 0 Å². The monoisotopic (exact) mass is 277 g/mol. The molecular formula is C19H19NO. The first-order chi connectivity index (χ1) is 9.92. The number of hydrogen-bond donors (Lipinski definition) is 0. The highest BCUT2D eigenvalue weighted by molar-refractivity contribution is 6.14. The predicted octanol–water partition coefficient (Wildman–Crippen LogP) is 5.07. The molecule has 0 N–H and O–H groups in total. The van der Waals surface area contributed by atoms with Crippen molar-refractivity contribution in [3.05, 3.63) is 47.5 Å². The summed E-state index contributed by atoms with van der Waals surface area (Å²) in [4.78, 5) is 4.83. The van der Waals surface area contributed by atoms with Gasteiger partial charge in [0, 0.05) is 28.0 Å². The van der Waals surface area contributed by atoms with E-state index in [-0.39, 0.29) is 11.0 Å². The summed E-state index contributed by atoms with van der Waals surface area (Å²) in [5.41, 5.74) is 4.33. The molecule has 2 nitrogen and oxygen atoms in total. The first-order valence-corrected chi connectivity index (χ1v) is 7.42. The maximum atomic E-state index is 5.98. The van der Waals surface area contributed by atoms with Crippen LogP contribution in [0.2, 0.25) is 0 Å². The number of fused-ring (bicyclic) bond motifs is 5. The van der Waals surface area contributed by atoms with Crippen molar-refractivity contribution in [2.75, 3.05) is 0 Å². The van der Waals surface area contributed by atoms with Crippen LogP contribution < -0.4 is 0 Å². The SMILES string of the molecule is CC1(C)N=Cc2c(ccc3oc4ccccc4c23)C1(C)C. The first-order valence-electron chi connectivity index (χ1n) is 7.42. The predicted molar refractivity (Wildman–Crippen MR) is 88.4 cm³/mol. The van der Waals surface area contributed by atoms with Gasteiger partial charge in [0.15, 0.2) is 0 Å². The molecule has 1 aromatic heterocycles. The fourth-order valence-corrected chi connectivity index (χ4v) is 3.24. The van der Waals surface area contributed by atoms with E-state index in [4.69, 9.17) is 9.41 Å². The minimum Gasteiger partial charge on any atom is -0.456 e. The van der Waals surface area contributed by atoms with Crippen molar-refractivity contribution in [3.8, 4) is 0 Å². The van der Waals surface area contributed by atoms with E-state index in [1.807, 2.05) is 18.3 Å². The summed E-state index contributed by atoms with van der Waals surface area (Å²) < 4.78 is 5.98. The summed E-state index contributed by atoms with van der Waals surface area (Å²) in [6, 6.07) is 12.5. The molecule has 0 atom stereocenters. The highest BCUT2D eigenvalue weighted by atomic mass is 16.3. The molecule has 1 aliphatic heterocycles. The number of nitrogens with zero attached hydrogens (tertiary/aromatic N) is 1. The lowest BCUT2D eigenvalue weighted by molar-refractivity contribution is 0.305. The van der Waals surface area contributed by atoms with E-state index in [0.29, 0.717) is 0 Å². The minimum atomic E-state index is -0.104. The zero-order chi connectivity index (χ0) is 14.8. The van der Waals surface area contributed by atoms with E-state index in [1.54, 1.807) is 0 Å². The van der Waals surface area contributed by atoms with Crippen LogP contribution in [-0.4, -0.2) is 11.8 Å². The Bertz CT molecular complexity index is 896. The van der Waals surface area contributed by atoms with Crippen LogP contribution >= 0.6 is 0 Å². The summed E-state index contributed by atoms with van der Waals surface area (Å²) in [6.45, 7) is 8.95. The van der Waals surface area contributed by atoms with Crippen molar-refractivity contribution in [2.45, 2.75) is 38.6 Å². The van der Waals surface area contributed by atoms with Gasteiger partial charge in [-0.2, -0.15) is 0 Å². The normalized spacial score (nSPS) is 19.0. The van der Waals surface area contributed by atoms with Crippen LogP contribution in [0.5, 0.6) is 0 Å². The number of aliphatic imine (C=N–C) groups is 1. The Kier molecular flexibility index (Phi) is 2.26. The standard InChI is InChI=1S/C19H19NO/c1-18(2)14-9-10-16-17(13(14)11-20-19(18,3)4)12-7-5-6-8-15(12)21-16/h5-11H,1-4H3. The molecule has 106 valence electrons. The van der Waals surface area contributed by atoms with Gasteiger partial charge in [-0.1, -0.05) is 38.1 Å². The van der Waals surface area contributed by atoms with Gasteiger partial charge in [0.05, 0.1) is 5.54 Å². The molecule has 0 amide bonds. The van der Waals surface area contributed by atoms with Gasteiger partial charge in [0.2, 0.25) is 0 Å². The number of furan rings is 1. The third-order valence-electron chi connectivity index (χ3n) is 5.30. The molecule has 1 aliphatic rings. The van der Waals surface area contributed by atoms with Gasteiger partial charge < -0.3 is 4.42 Å². The van der Waals surface area contributed by atoms with Gasteiger partial charge in [-0.25, -0.2) is 0 Å². The van der Waals surface area contributed by atoms with Gasteiger partial charge in [-0.3, -0.25) is 4.99 Å². The summed E-state index contributed by atoms with van der Waals surface area (Å²) in [6.07, 6.45) is 2.03. The molecule has 3 aromatic rings. The van der Waals surface area contributed by atoms with Crippen molar-refractivity contribution in [1.29, 1.82) is 0 Å². The number of rotatable bonds is 0. The zero-order valence-electron chi connectivity index (χ0n) is 12.9. The Labute approximate surface area is 124 Å². The highest BCUT2D eigenvalue weighted by Crippen LogP contribution is 2.44. The average molecular weight is 277 g/mol. The van der Waals surface area contributed by atoms with Crippen LogP contribution in [0.4, 0.5) is 0 Å². The Morgan fingerprint density at radius 3 is 2.48 bits per heavy atom. The molecule has 21 heavy (non-hydrogen) atoms. The summed E-state index contributed by atoms with van der Waals surface area (Å²) in [5, 5.41) is 2.36. The summed E-state index contributed by atoms with van der Waals surface area (Å²) >= 11 is 0. The van der Waals surface area contributed by atoms with Gasteiger partial charge >= 0.3 is 0 Å². The smallest absolute Gasteiger partial charge is 0.136 e. The van der Waals surface area contributed by atoms with Crippen LogP contribution in [0.3, 0.4) is 0 Å². The van der Waals surface area contributed by atoms with Gasteiger partial charge in [-0.15, -0.1) is 0 Å². The number of para-hydroxylation sites is 1. The Morgan fingerprint density at radius 1 is 0.905 bits per heavy atom. The van der Waals surface area contributed by atoms with Crippen molar-refractivity contribution in [3.63, 3.8) is 0 Å². The van der Waals surface area contributed by atoms with Crippen molar-refractivity contribution in [2.24, 2.45) is 4.99 Å². The van der Waals surface area contributed by atoms with E-state index in [0.717, 1.165) is 11.2 Å². The van der Waals surface area contributed by atoms with Crippen LogP contribution in [0.15, 0.2) is 45.8 Å². The Hall–Kier alpha value is -2.09. The maximum Gasteiger partial charge on any atom is 0.136 e. The Morgan fingerprint density at radius 2 is 1.67 bits per heavy atom. The average Bonchev–Trinajstić information content (AvgIpc) is 2.82. The molecule has 2 heterocycles. The topological polar surface area (TPSA) is 25.5 Å². The van der Waals surface area contributed by atoms with E-state index < -0.39 is 0 Å². The fourth-order valence-electron chi connectivity index (χ4n) is 3.24. The molecule has 0 aliphatic carbocycles. The highest BCUT2D eigenvalue weighted by Gasteiger charge is 2.42. The second-order valence-electron chi connectivity index (χ2n) is 6.94. The quantitative estimate of drug-likeness (QED) is 0.563. The second kappa shape index (κ2) is 3.76. The molecule has 0 bridgehead atoms. The summed E-state index contributed by atoms with van der Waals surface area (Å²) in [7, 11) is 0. The molecular weight excluding hydrogens is 258 g/mol. The van der Waals surface area contributed by atoms with Gasteiger partial charge in [0.1, 0.15) is 11.2 Å². The summed E-state index contributed by atoms with van der Waals surface area (Å²) in [5.74, 6) is 0. The van der Waals surface area contributed by atoms with Gasteiger partial charge in [-0.05, 0) is 31.5 Å². The number of benzene rings is 2. The number of hydrogen-bond acceptors (Lipinski definition) is 2. The molecule has 0 radical (unpaired) electrons. The van der Waals surface area contributed by atoms with E-state index in [1.165, 1.54) is 21.9 Å². The molecule has 0 saturated heterocycles. The van der Waals surface area contributed by atoms with Crippen LogP contribution in [0, 0.1) is 0 Å². The maximum absolute atomic E-state index is 5.98. The van der Waals surface area contributed by atoms with Crippen LogP contribution in [0.1, 0.15) is 38.8 Å². The van der Waals surface area contributed by atoms with E-state index in [9.17, 15) is 0 Å². The minimum absolute atomic E-state index is 0.0103. The third kappa shape index (κ3) is 1.50. The first kappa shape index (κ1) is 12.6. The molecule has 4 rings (SSSR count). The largest absolute Gasteiger partial charge is 0.456 e. The van der Waals surface area contributed by atoms with Crippen LogP contribution in [-0.2, 0) is 5.41 Å². The van der Waals surface area contributed by atoms with E-state index in [2.05, 4.69) is 52.0 Å². The van der Waals surface area contributed by atoms with E-state index >= 15 is 0 Å². The fraction of sp³-hybridized carbons (Fsp3) is 0.316. The van der Waals surface area contributed by atoms with Crippen molar-refractivity contribution in [1.82, 2.24) is 0 Å². The third-order valence-corrected chi connectivity index (χ3v) is 5.30. The Balaban J connectivity index is 2.17. The van der Waals surface area contributed by atoms with Crippen LogP contribution in [0.25, 0.3) is 21.9 Å². The lowest BCUT2D eigenvalue weighted by atomic mass is 9.67. The van der Waals surface area contributed by atoms with Crippen molar-refractivity contribution < 1.29 is 4.42 Å². The molecule has 0 unspecified atom stereocenters. The molecule has 2 aromatic carbocycles. The lowest BCUT2D eigenvalue weighted by Gasteiger charge is -2.42. The molecule has 0 spiro atoms. The second-order valence-corrected chi connectivity index (χ2v) is 6.94. The molecule has 2 heteroatoms. The van der Waals surface area contributed by atoms with Crippen molar-refractivity contribution >= 4 is 28.2 Å². The molecule has 0 fully saturated rings. The lowest BCUT2D eigenvalue weighted by Crippen LogP contribution is -2.44. The molecule has 0 saturated carbocycles.